The highest BCUT2D eigenvalue weighted by atomic mass is 19.1. The third kappa shape index (κ3) is 4.12. The summed E-state index contributed by atoms with van der Waals surface area (Å²) < 4.78 is 20.3. The third-order valence-corrected chi connectivity index (χ3v) is 4.85. The molecule has 0 saturated carbocycles. The largest absolute Gasteiger partial charge is 0.486 e. The molecule has 1 aromatic carbocycles. The summed E-state index contributed by atoms with van der Waals surface area (Å²) in [5.41, 5.74) is 8.39. The minimum absolute atomic E-state index is 0.0927. The van der Waals surface area contributed by atoms with Crippen molar-refractivity contribution < 1.29 is 14.2 Å². The van der Waals surface area contributed by atoms with Crippen molar-refractivity contribution in [3.05, 3.63) is 40.7 Å². The molecule has 1 aliphatic rings. The van der Waals surface area contributed by atoms with E-state index in [2.05, 4.69) is 20.8 Å². The van der Waals surface area contributed by atoms with Crippen LogP contribution in [0.1, 0.15) is 58.1 Å². The van der Waals surface area contributed by atoms with Gasteiger partial charge in [0.1, 0.15) is 6.61 Å². The molecule has 0 aliphatic heterocycles. The fraction of sp³-hybridized carbons (Fsp3) is 0.579. The van der Waals surface area contributed by atoms with Crippen molar-refractivity contribution in [2.45, 2.75) is 52.6 Å². The van der Waals surface area contributed by atoms with Gasteiger partial charge in [0.05, 0.1) is 6.10 Å². The van der Waals surface area contributed by atoms with Gasteiger partial charge in [-0.25, -0.2) is 4.39 Å². The molecule has 0 aromatic heterocycles. The van der Waals surface area contributed by atoms with Gasteiger partial charge in [-0.2, -0.15) is 0 Å². The molecule has 1 aromatic rings. The third-order valence-electron chi connectivity index (χ3n) is 4.85. The van der Waals surface area contributed by atoms with E-state index in [1.54, 1.807) is 18.2 Å². The Bertz CT molecular complexity index is 581. The van der Waals surface area contributed by atoms with Crippen molar-refractivity contribution in [3.63, 3.8) is 0 Å². The lowest BCUT2D eigenvalue weighted by atomic mass is 9.73. The quantitative estimate of drug-likeness (QED) is 0.775. The fourth-order valence-electron chi connectivity index (χ4n) is 3.35. The van der Waals surface area contributed by atoms with Gasteiger partial charge in [0.25, 0.3) is 0 Å². The first-order valence-electron chi connectivity index (χ1n) is 8.35. The Morgan fingerprint density at radius 2 is 2.13 bits per heavy atom. The maximum absolute atomic E-state index is 14.5. The highest BCUT2D eigenvalue weighted by Gasteiger charge is 2.29. The first-order chi connectivity index (χ1) is 10.9. The number of nitrogens with two attached hydrogens (primary N) is 1. The first-order valence-corrected chi connectivity index (χ1v) is 8.35. The van der Waals surface area contributed by atoms with Gasteiger partial charge in [-0.1, -0.05) is 31.6 Å². The van der Waals surface area contributed by atoms with E-state index < -0.39 is 11.9 Å². The van der Waals surface area contributed by atoms with E-state index >= 15 is 0 Å². The van der Waals surface area contributed by atoms with Gasteiger partial charge in [-0.3, -0.25) is 0 Å². The molecule has 1 unspecified atom stereocenters. The molecule has 1 aliphatic carbocycles. The number of aliphatic hydroxyl groups is 1. The van der Waals surface area contributed by atoms with Crippen LogP contribution in [0.15, 0.2) is 29.3 Å². The van der Waals surface area contributed by atoms with E-state index in [0.717, 1.165) is 12.8 Å². The zero-order valence-electron chi connectivity index (χ0n) is 14.4. The Morgan fingerprint density at radius 1 is 1.39 bits per heavy atom. The van der Waals surface area contributed by atoms with Gasteiger partial charge in [0.2, 0.25) is 0 Å². The van der Waals surface area contributed by atoms with Crippen LogP contribution in [0.4, 0.5) is 4.39 Å². The van der Waals surface area contributed by atoms with Crippen molar-refractivity contribution >= 4 is 0 Å². The minimum Gasteiger partial charge on any atom is -0.486 e. The fourth-order valence-corrected chi connectivity index (χ4v) is 3.35. The van der Waals surface area contributed by atoms with E-state index in [1.807, 2.05) is 0 Å². The number of hydrogen-bond donors (Lipinski definition) is 2. The average molecular weight is 321 g/mol. The Kier molecular flexibility index (Phi) is 5.82. The van der Waals surface area contributed by atoms with E-state index in [0.29, 0.717) is 19.6 Å². The van der Waals surface area contributed by atoms with Crippen LogP contribution in [0.3, 0.4) is 0 Å². The molecule has 23 heavy (non-hydrogen) atoms. The molecule has 0 heterocycles. The number of rotatable bonds is 6. The molecule has 4 heteroatoms. The number of hydrogen-bond acceptors (Lipinski definition) is 3. The highest BCUT2D eigenvalue weighted by molar-refractivity contribution is 5.33. The number of ether oxygens (including phenoxy) is 1. The molecule has 128 valence electrons. The van der Waals surface area contributed by atoms with E-state index in [-0.39, 0.29) is 16.7 Å². The lowest BCUT2D eigenvalue weighted by Crippen LogP contribution is -2.25. The summed E-state index contributed by atoms with van der Waals surface area (Å²) in [6.07, 6.45) is 2.84. The van der Waals surface area contributed by atoms with Gasteiger partial charge >= 0.3 is 0 Å². The first kappa shape index (κ1) is 18.0. The smallest absolute Gasteiger partial charge is 0.170 e. The van der Waals surface area contributed by atoms with Crippen LogP contribution < -0.4 is 10.5 Å². The number of aliphatic hydroxyl groups excluding tert-OH is 1. The SMILES string of the molecule is CC1=C(COc2cccc(C(O)CCN)c2F)C(C)(C)CCC1. The maximum Gasteiger partial charge on any atom is 0.170 e. The summed E-state index contributed by atoms with van der Waals surface area (Å²) in [7, 11) is 0. The van der Waals surface area contributed by atoms with Gasteiger partial charge in [0, 0.05) is 5.56 Å². The predicted molar refractivity (Wildman–Crippen MR) is 90.9 cm³/mol. The summed E-state index contributed by atoms with van der Waals surface area (Å²) in [4.78, 5) is 0. The molecular weight excluding hydrogens is 293 g/mol. The van der Waals surface area contributed by atoms with E-state index in [9.17, 15) is 9.50 Å². The Labute approximate surface area is 138 Å². The molecule has 2 rings (SSSR count). The normalized spacial score (nSPS) is 18.9. The lowest BCUT2D eigenvalue weighted by Gasteiger charge is -2.34. The predicted octanol–water partition coefficient (Wildman–Crippen LogP) is 4.11. The molecule has 0 fully saturated rings. The summed E-state index contributed by atoms with van der Waals surface area (Å²) >= 11 is 0. The zero-order chi connectivity index (χ0) is 17.0. The van der Waals surface area contributed by atoms with Crippen molar-refractivity contribution in [1.29, 1.82) is 0 Å². The standard InChI is InChI=1S/C19H28FNO2/c1-13-6-5-10-19(2,3)15(13)12-23-17-8-4-7-14(18(17)20)16(22)9-11-21/h4,7-8,16,22H,5-6,9-12,21H2,1-3H3. The van der Waals surface area contributed by atoms with Crippen LogP contribution in [0.25, 0.3) is 0 Å². The van der Waals surface area contributed by atoms with Crippen LogP contribution in [-0.2, 0) is 0 Å². The van der Waals surface area contributed by atoms with Crippen LogP contribution >= 0.6 is 0 Å². The molecule has 3 N–H and O–H groups in total. The van der Waals surface area contributed by atoms with E-state index in [4.69, 9.17) is 10.5 Å². The number of halogens is 1. The Morgan fingerprint density at radius 3 is 2.78 bits per heavy atom. The molecule has 3 nitrogen and oxygen atoms in total. The molecule has 0 spiro atoms. The monoisotopic (exact) mass is 321 g/mol. The second-order valence-electron chi connectivity index (χ2n) is 7.04. The second-order valence-corrected chi connectivity index (χ2v) is 7.04. The summed E-state index contributed by atoms with van der Waals surface area (Å²) in [6.45, 7) is 7.27. The molecule has 0 saturated heterocycles. The Hall–Kier alpha value is -1.39. The van der Waals surface area contributed by atoms with Crippen molar-refractivity contribution in [3.8, 4) is 5.75 Å². The zero-order valence-corrected chi connectivity index (χ0v) is 14.4. The van der Waals surface area contributed by atoms with Crippen molar-refractivity contribution in [2.75, 3.05) is 13.2 Å². The topological polar surface area (TPSA) is 55.5 Å². The molecule has 0 amide bonds. The Balaban J connectivity index is 2.16. The summed E-state index contributed by atoms with van der Waals surface area (Å²) in [6, 6.07) is 4.90. The van der Waals surface area contributed by atoms with Crippen molar-refractivity contribution in [1.82, 2.24) is 0 Å². The van der Waals surface area contributed by atoms with Crippen LogP contribution in [-0.4, -0.2) is 18.3 Å². The summed E-state index contributed by atoms with van der Waals surface area (Å²) in [5.74, 6) is -0.291. The average Bonchev–Trinajstić information content (AvgIpc) is 2.47. The molecule has 0 radical (unpaired) electrons. The van der Waals surface area contributed by atoms with Crippen molar-refractivity contribution in [2.24, 2.45) is 11.1 Å². The van der Waals surface area contributed by atoms with E-state index in [1.165, 1.54) is 17.6 Å². The van der Waals surface area contributed by atoms with Gasteiger partial charge in [-0.05, 0) is 56.2 Å². The number of allylic oxidation sites excluding steroid dienone is 1. The highest BCUT2D eigenvalue weighted by Crippen LogP contribution is 2.40. The van der Waals surface area contributed by atoms with Gasteiger partial charge in [0.15, 0.2) is 11.6 Å². The van der Waals surface area contributed by atoms with Crippen LogP contribution in [0.5, 0.6) is 5.75 Å². The molecule has 1 atom stereocenters. The minimum atomic E-state index is -0.893. The van der Waals surface area contributed by atoms with Gasteiger partial charge in [-0.15, -0.1) is 0 Å². The van der Waals surface area contributed by atoms with Gasteiger partial charge < -0.3 is 15.6 Å². The maximum atomic E-state index is 14.5. The second kappa shape index (κ2) is 7.45. The molecular formula is C19H28FNO2. The van der Waals surface area contributed by atoms with Crippen LogP contribution in [0.2, 0.25) is 0 Å². The summed E-state index contributed by atoms with van der Waals surface area (Å²) in [5, 5.41) is 9.98. The molecule has 0 bridgehead atoms. The van der Waals surface area contributed by atoms with Crippen LogP contribution in [0, 0.1) is 11.2 Å². The number of benzene rings is 1. The lowest BCUT2D eigenvalue weighted by molar-refractivity contribution is 0.164.